The molecule has 170 valence electrons. The zero-order chi connectivity index (χ0) is 23.9. The minimum atomic E-state index is -1.29. The molecule has 0 aliphatic carbocycles. The Morgan fingerprint density at radius 3 is 2.21 bits per heavy atom. The Kier molecular flexibility index (Phi) is 5.71. The highest BCUT2D eigenvalue weighted by atomic mass is 16.5. The molecule has 1 aliphatic heterocycles. The number of hydrogen-bond donors (Lipinski definition) is 0. The number of amides is 4. The molecule has 0 bridgehead atoms. The van der Waals surface area contributed by atoms with E-state index in [1.165, 1.54) is 14.1 Å². The molecule has 0 N–H and O–H groups in total. The van der Waals surface area contributed by atoms with Gasteiger partial charge in [-0.3, -0.25) is 24.4 Å². The summed E-state index contributed by atoms with van der Waals surface area (Å²) in [6.45, 7) is 3.93. The Bertz CT molecular complexity index is 1200. The van der Waals surface area contributed by atoms with Gasteiger partial charge in [0.2, 0.25) is 11.8 Å². The number of carbonyl (C=O) groups excluding carboxylic acids is 3. The number of imide groups is 2. The Morgan fingerprint density at radius 2 is 1.64 bits per heavy atom. The molecule has 2 aromatic heterocycles. The molecule has 3 heterocycles. The van der Waals surface area contributed by atoms with Gasteiger partial charge in [-0.1, -0.05) is 36.4 Å². The lowest BCUT2D eigenvalue weighted by Crippen LogP contribution is -2.59. The molecular weight excluding hydrogens is 422 g/mol. The van der Waals surface area contributed by atoms with Crippen LogP contribution in [0.1, 0.15) is 34.3 Å². The summed E-state index contributed by atoms with van der Waals surface area (Å²) >= 11 is 0. The van der Waals surface area contributed by atoms with Gasteiger partial charge in [-0.05, 0) is 17.2 Å². The van der Waals surface area contributed by atoms with Crippen molar-refractivity contribution in [3.63, 3.8) is 0 Å². The molecule has 1 aromatic carbocycles. The molecule has 1 fully saturated rings. The van der Waals surface area contributed by atoms with Crippen LogP contribution in [0.5, 0.6) is 0 Å². The predicted molar refractivity (Wildman–Crippen MR) is 119 cm³/mol. The number of nitrogens with zero attached hydrogens (tertiary/aromatic N) is 5. The summed E-state index contributed by atoms with van der Waals surface area (Å²) in [7, 11) is 2.68. The summed E-state index contributed by atoms with van der Waals surface area (Å²) in [4.78, 5) is 44.9. The molecule has 1 saturated heterocycles. The lowest BCUT2D eigenvalue weighted by atomic mass is 9.82. The highest BCUT2D eigenvalue weighted by Crippen LogP contribution is 2.36. The van der Waals surface area contributed by atoms with Crippen LogP contribution in [0.2, 0.25) is 0 Å². The maximum Gasteiger partial charge on any atom is 0.332 e. The average Bonchev–Trinajstić information content (AvgIpc) is 3.04. The van der Waals surface area contributed by atoms with Crippen molar-refractivity contribution >= 4 is 17.8 Å². The quantitative estimate of drug-likeness (QED) is 0.338. The molecule has 9 nitrogen and oxygen atoms in total. The van der Waals surface area contributed by atoms with Crippen LogP contribution >= 0.6 is 0 Å². The molecule has 0 spiro atoms. The van der Waals surface area contributed by atoms with Crippen LogP contribution in [0.3, 0.4) is 0 Å². The standard InChI is InChI=1S/C24H25N5O4/c1-15-16(2)29(33)21(28(15)14-17-9-6-5-7-10-17)19(18-11-8-12-25-13-18)20-22(30)26(3)24(32)27(4)23(20)31/h5-13,19-20H,14H2,1-4H3. The first kappa shape index (κ1) is 22.2. The van der Waals surface area contributed by atoms with E-state index in [4.69, 9.17) is 0 Å². The van der Waals surface area contributed by atoms with Gasteiger partial charge < -0.3 is 5.21 Å². The smallest absolute Gasteiger partial charge is 0.332 e. The van der Waals surface area contributed by atoms with Crippen molar-refractivity contribution in [1.82, 2.24) is 19.4 Å². The van der Waals surface area contributed by atoms with E-state index in [0.29, 0.717) is 17.8 Å². The van der Waals surface area contributed by atoms with Crippen LogP contribution in [0.4, 0.5) is 4.79 Å². The molecule has 1 atom stereocenters. The Labute approximate surface area is 191 Å². The van der Waals surface area contributed by atoms with E-state index in [2.05, 4.69) is 4.98 Å². The second-order valence-corrected chi connectivity index (χ2v) is 8.21. The molecule has 4 amide bonds. The van der Waals surface area contributed by atoms with Gasteiger partial charge in [-0.15, -0.1) is 0 Å². The zero-order valence-corrected chi connectivity index (χ0v) is 18.9. The lowest BCUT2D eigenvalue weighted by molar-refractivity contribution is -0.621. The summed E-state index contributed by atoms with van der Waals surface area (Å²) < 4.78 is 2.62. The number of urea groups is 1. The van der Waals surface area contributed by atoms with Crippen molar-refractivity contribution in [3.05, 3.63) is 88.4 Å². The van der Waals surface area contributed by atoms with Crippen molar-refractivity contribution in [2.45, 2.75) is 26.3 Å². The summed E-state index contributed by atoms with van der Waals surface area (Å²) in [6.07, 6.45) is 3.13. The predicted octanol–water partition coefficient (Wildman–Crippen LogP) is 1.98. The third-order valence-electron chi connectivity index (χ3n) is 6.32. The molecule has 0 saturated carbocycles. The normalized spacial score (nSPS) is 15.9. The number of carbonyl (C=O) groups is 3. The number of rotatable bonds is 5. The highest BCUT2D eigenvalue weighted by Gasteiger charge is 2.51. The van der Waals surface area contributed by atoms with Crippen LogP contribution < -0.4 is 4.73 Å². The van der Waals surface area contributed by atoms with E-state index in [1.54, 1.807) is 31.5 Å². The summed E-state index contributed by atoms with van der Waals surface area (Å²) in [6, 6.07) is 12.4. The monoisotopic (exact) mass is 447 g/mol. The van der Waals surface area contributed by atoms with Gasteiger partial charge in [0.1, 0.15) is 29.8 Å². The summed E-state index contributed by atoms with van der Waals surface area (Å²) in [5, 5.41) is 13.5. The van der Waals surface area contributed by atoms with Gasteiger partial charge in [-0.25, -0.2) is 14.1 Å². The number of imidazole rings is 1. The van der Waals surface area contributed by atoms with Crippen molar-refractivity contribution in [2.24, 2.45) is 5.92 Å². The van der Waals surface area contributed by atoms with Gasteiger partial charge in [0.05, 0.1) is 0 Å². The zero-order valence-electron chi connectivity index (χ0n) is 18.9. The highest BCUT2D eigenvalue weighted by molar-refractivity contribution is 6.16. The second kappa shape index (κ2) is 8.50. The first-order chi connectivity index (χ1) is 15.7. The van der Waals surface area contributed by atoms with E-state index in [1.807, 2.05) is 41.8 Å². The third kappa shape index (κ3) is 3.65. The molecule has 1 aliphatic rings. The van der Waals surface area contributed by atoms with Gasteiger partial charge in [0, 0.05) is 40.3 Å². The number of hydrogen-bond acceptors (Lipinski definition) is 5. The molecule has 4 rings (SSSR count). The van der Waals surface area contributed by atoms with Crippen molar-refractivity contribution in [3.8, 4) is 0 Å². The number of pyridine rings is 1. The largest absolute Gasteiger partial charge is 0.711 e. The van der Waals surface area contributed by atoms with E-state index in [-0.39, 0.29) is 5.82 Å². The third-order valence-corrected chi connectivity index (χ3v) is 6.32. The SMILES string of the molecule is Cc1c(C)[n+]([O-])c(C(c2cccnc2)C2C(=O)N(C)C(=O)N(C)C2=O)n1Cc1ccccc1. The fourth-order valence-electron chi connectivity index (χ4n) is 4.33. The molecule has 3 aromatic rings. The lowest BCUT2D eigenvalue weighted by Gasteiger charge is -2.35. The Balaban J connectivity index is 1.95. The summed E-state index contributed by atoms with van der Waals surface area (Å²) in [5.41, 5.74) is 2.71. The van der Waals surface area contributed by atoms with E-state index < -0.39 is 29.7 Å². The Hall–Kier alpha value is -4.01. The first-order valence-corrected chi connectivity index (χ1v) is 10.6. The van der Waals surface area contributed by atoms with Gasteiger partial charge in [-0.2, -0.15) is 0 Å². The van der Waals surface area contributed by atoms with E-state index in [0.717, 1.165) is 25.8 Å². The number of barbiturate groups is 1. The van der Waals surface area contributed by atoms with Crippen LogP contribution in [-0.4, -0.2) is 51.3 Å². The maximum atomic E-state index is 13.5. The van der Waals surface area contributed by atoms with Crippen molar-refractivity contribution < 1.29 is 19.1 Å². The van der Waals surface area contributed by atoms with Crippen molar-refractivity contribution in [1.29, 1.82) is 0 Å². The topological polar surface area (TPSA) is 102 Å². The van der Waals surface area contributed by atoms with Gasteiger partial charge in [0.25, 0.3) is 5.82 Å². The van der Waals surface area contributed by atoms with Gasteiger partial charge >= 0.3 is 6.03 Å². The number of benzene rings is 1. The van der Waals surface area contributed by atoms with E-state index >= 15 is 0 Å². The minimum absolute atomic E-state index is 0.254. The molecule has 33 heavy (non-hydrogen) atoms. The number of aromatic nitrogens is 3. The van der Waals surface area contributed by atoms with Crippen LogP contribution in [-0.2, 0) is 16.1 Å². The molecule has 0 radical (unpaired) electrons. The second-order valence-electron chi connectivity index (χ2n) is 8.21. The average molecular weight is 447 g/mol. The molecular formula is C24H25N5O4. The summed E-state index contributed by atoms with van der Waals surface area (Å²) in [5.74, 6) is -3.28. The Morgan fingerprint density at radius 1 is 1.00 bits per heavy atom. The maximum absolute atomic E-state index is 13.5. The van der Waals surface area contributed by atoms with Gasteiger partial charge in [0.15, 0.2) is 0 Å². The fourth-order valence-corrected chi connectivity index (χ4v) is 4.33. The molecule has 9 heteroatoms. The van der Waals surface area contributed by atoms with E-state index in [9.17, 15) is 19.6 Å². The van der Waals surface area contributed by atoms with Crippen LogP contribution in [0.15, 0.2) is 54.9 Å². The van der Waals surface area contributed by atoms with Crippen LogP contribution in [0, 0.1) is 25.0 Å². The first-order valence-electron chi connectivity index (χ1n) is 10.6. The minimum Gasteiger partial charge on any atom is -0.711 e. The fraction of sp³-hybridized carbons (Fsp3) is 0.292. The van der Waals surface area contributed by atoms with Crippen LogP contribution in [0.25, 0.3) is 0 Å². The molecule has 1 unspecified atom stereocenters. The van der Waals surface area contributed by atoms with Crippen molar-refractivity contribution in [2.75, 3.05) is 14.1 Å².